The Kier molecular flexibility index (Phi) is 5.67. The lowest BCUT2D eigenvalue weighted by molar-refractivity contribution is -0.144. The normalized spacial score (nSPS) is 17.2. The maximum Gasteiger partial charge on any atom is 0.306 e. The van der Waals surface area contributed by atoms with Crippen molar-refractivity contribution in [2.24, 2.45) is 0 Å². The van der Waals surface area contributed by atoms with Crippen LogP contribution in [-0.2, 0) is 19.1 Å². The predicted molar refractivity (Wildman–Crippen MR) is 81.2 cm³/mol. The zero-order valence-electron chi connectivity index (χ0n) is 12.9. The highest BCUT2D eigenvalue weighted by Gasteiger charge is 2.31. The van der Waals surface area contributed by atoms with E-state index in [0.717, 1.165) is 0 Å². The molecule has 0 radical (unpaired) electrons. The first-order chi connectivity index (χ1) is 11.0. The highest BCUT2D eigenvalue weighted by atomic mass is 19.1. The van der Waals surface area contributed by atoms with Crippen LogP contribution in [0.4, 0.5) is 10.1 Å². The van der Waals surface area contributed by atoms with E-state index in [9.17, 15) is 18.8 Å². The summed E-state index contributed by atoms with van der Waals surface area (Å²) in [7, 11) is 0. The van der Waals surface area contributed by atoms with Crippen LogP contribution < -0.4 is 10.2 Å². The Morgan fingerprint density at radius 2 is 2.17 bits per heavy atom. The summed E-state index contributed by atoms with van der Waals surface area (Å²) >= 11 is 0. The lowest BCUT2D eigenvalue weighted by atomic mass is 10.2. The first-order valence-electron chi connectivity index (χ1n) is 7.50. The molecule has 1 fully saturated rings. The van der Waals surface area contributed by atoms with Crippen LogP contribution in [-0.4, -0.2) is 37.0 Å². The molecule has 2 amide bonds. The van der Waals surface area contributed by atoms with Gasteiger partial charge in [0.15, 0.2) is 0 Å². The van der Waals surface area contributed by atoms with Crippen molar-refractivity contribution in [3.05, 3.63) is 30.1 Å². The van der Waals surface area contributed by atoms with Crippen LogP contribution in [0.2, 0.25) is 0 Å². The van der Waals surface area contributed by atoms with E-state index in [1.165, 1.54) is 23.1 Å². The van der Waals surface area contributed by atoms with Crippen LogP contribution >= 0.6 is 0 Å². The number of nitrogens with one attached hydrogen (secondary N) is 1. The van der Waals surface area contributed by atoms with Crippen molar-refractivity contribution in [3.8, 4) is 0 Å². The van der Waals surface area contributed by atoms with Gasteiger partial charge in [0.1, 0.15) is 5.82 Å². The van der Waals surface area contributed by atoms with Gasteiger partial charge in [-0.2, -0.15) is 0 Å². The summed E-state index contributed by atoms with van der Waals surface area (Å²) in [5.41, 5.74) is 0.471. The third-order valence-electron chi connectivity index (χ3n) is 3.47. The molecule has 1 aliphatic heterocycles. The average Bonchev–Trinajstić information content (AvgIpc) is 2.86. The van der Waals surface area contributed by atoms with Crippen molar-refractivity contribution in [2.75, 3.05) is 18.1 Å². The topological polar surface area (TPSA) is 75.7 Å². The number of hydrogen-bond donors (Lipinski definition) is 1. The van der Waals surface area contributed by atoms with E-state index in [1.54, 1.807) is 13.0 Å². The van der Waals surface area contributed by atoms with E-state index in [1.807, 2.05) is 0 Å². The van der Waals surface area contributed by atoms with Crippen molar-refractivity contribution >= 4 is 23.5 Å². The zero-order chi connectivity index (χ0) is 16.8. The lowest BCUT2D eigenvalue weighted by Gasteiger charge is -2.17. The van der Waals surface area contributed by atoms with E-state index < -0.39 is 11.8 Å². The van der Waals surface area contributed by atoms with Gasteiger partial charge in [0.2, 0.25) is 11.8 Å². The molecule has 1 saturated heterocycles. The molecule has 6 nitrogen and oxygen atoms in total. The fraction of sp³-hybridized carbons (Fsp3) is 0.438. The van der Waals surface area contributed by atoms with Gasteiger partial charge in [-0.3, -0.25) is 14.4 Å². The average molecular weight is 322 g/mol. The molecular weight excluding hydrogens is 303 g/mol. The van der Waals surface area contributed by atoms with Crippen LogP contribution in [0.25, 0.3) is 0 Å². The Balaban J connectivity index is 1.85. The maximum absolute atomic E-state index is 13.2. The summed E-state index contributed by atoms with van der Waals surface area (Å²) in [6.07, 6.45) is 0.180. The molecule has 1 aromatic carbocycles. The molecule has 0 unspecified atom stereocenters. The Bertz CT molecular complexity index is 605. The van der Waals surface area contributed by atoms with Crippen molar-refractivity contribution < 1.29 is 23.5 Å². The van der Waals surface area contributed by atoms with Crippen molar-refractivity contribution in [1.29, 1.82) is 0 Å². The summed E-state index contributed by atoms with van der Waals surface area (Å²) in [5.74, 6) is -1.33. The van der Waals surface area contributed by atoms with E-state index >= 15 is 0 Å². The molecule has 1 aromatic rings. The van der Waals surface area contributed by atoms with E-state index in [4.69, 9.17) is 4.74 Å². The van der Waals surface area contributed by atoms with Gasteiger partial charge < -0.3 is 15.0 Å². The molecule has 1 atom stereocenters. The standard InChI is InChI=1S/C16H19FN2O4/c1-2-23-16(22)7-6-14(20)18-12-9-15(21)19(10-12)13-5-3-4-11(17)8-13/h3-5,8,12H,2,6-7,9-10H2,1H3,(H,18,20)/t12-/m1/s1. The van der Waals surface area contributed by atoms with Crippen LogP contribution in [0.1, 0.15) is 26.2 Å². The molecule has 0 bridgehead atoms. The molecular formula is C16H19FN2O4. The minimum Gasteiger partial charge on any atom is -0.466 e. The number of esters is 1. The Labute approximate surface area is 133 Å². The molecule has 0 spiro atoms. The van der Waals surface area contributed by atoms with Crippen molar-refractivity contribution in [2.45, 2.75) is 32.2 Å². The molecule has 23 heavy (non-hydrogen) atoms. The number of hydrogen-bond acceptors (Lipinski definition) is 4. The second-order valence-corrected chi connectivity index (χ2v) is 5.26. The molecule has 0 aliphatic carbocycles. The summed E-state index contributed by atoms with van der Waals surface area (Å²) in [5, 5.41) is 2.72. The highest BCUT2D eigenvalue weighted by Crippen LogP contribution is 2.22. The number of rotatable bonds is 6. The van der Waals surface area contributed by atoms with E-state index in [0.29, 0.717) is 5.69 Å². The summed E-state index contributed by atoms with van der Waals surface area (Å²) in [6.45, 7) is 2.26. The highest BCUT2D eigenvalue weighted by molar-refractivity contribution is 5.96. The van der Waals surface area contributed by atoms with Gasteiger partial charge in [-0.25, -0.2) is 4.39 Å². The maximum atomic E-state index is 13.2. The van der Waals surface area contributed by atoms with Gasteiger partial charge in [0, 0.05) is 25.1 Å². The molecule has 2 rings (SSSR count). The van der Waals surface area contributed by atoms with Crippen LogP contribution in [0.3, 0.4) is 0 Å². The predicted octanol–water partition coefficient (Wildman–Crippen LogP) is 1.39. The Hall–Kier alpha value is -2.44. The molecule has 7 heteroatoms. The molecule has 1 heterocycles. The summed E-state index contributed by atoms with van der Waals surface area (Å²) < 4.78 is 18.0. The van der Waals surface area contributed by atoms with Crippen LogP contribution in [0, 0.1) is 5.82 Å². The van der Waals surface area contributed by atoms with Gasteiger partial charge in [0.25, 0.3) is 0 Å². The molecule has 1 N–H and O–H groups in total. The van der Waals surface area contributed by atoms with Gasteiger partial charge >= 0.3 is 5.97 Å². The molecule has 0 aromatic heterocycles. The summed E-state index contributed by atoms with van der Waals surface area (Å²) in [4.78, 5) is 36.5. The minimum atomic E-state index is -0.425. The number of benzene rings is 1. The largest absolute Gasteiger partial charge is 0.466 e. The Morgan fingerprint density at radius 3 is 2.87 bits per heavy atom. The van der Waals surface area contributed by atoms with E-state index in [2.05, 4.69) is 5.32 Å². The first kappa shape index (κ1) is 16.9. The SMILES string of the molecule is CCOC(=O)CCC(=O)N[C@@H]1CC(=O)N(c2cccc(F)c2)C1. The lowest BCUT2D eigenvalue weighted by Crippen LogP contribution is -2.37. The monoisotopic (exact) mass is 322 g/mol. The smallest absolute Gasteiger partial charge is 0.306 e. The number of amides is 2. The fourth-order valence-corrected chi connectivity index (χ4v) is 2.45. The Morgan fingerprint density at radius 1 is 1.39 bits per heavy atom. The van der Waals surface area contributed by atoms with E-state index in [-0.39, 0.29) is 50.3 Å². The third-order valence-corrected chi connectivity index (χ3v) is 3.47. The number of carbonyl (C=O) groups excluding carboxylic acids is 3. The van der Waals surface area contributed by atoms with Gasteiger partial charge in [0.05, 0.1) is 19.1 Å². The second kappa shape index (κ2) is 7.71. The van der Waals surface area contributed by atoms with Gasteiger partial charge in [-0.1, -0.05) is 6.07 Å². The van der Waals surface area contributed by atoms with Crippen LogP contribution in [0.15, 0.2) is 24.3 Å². The molecule has 124 valence electrons. The number of anilines is 1. The first-order valence-corrected chi connectivity index (χ1v) is 7.50. The quantitative estimate of drug-likeness (QED) is 0.803. The van der Waals surface area contributed by atoms with Gasteiger partial charge in [-0.05, 0) is 25.1 Å². The number of nitrogens with zero attached hydrogens (tertiary/aromatic N) is 1. The minimum absolute atomic E-state index is 0.00789. The summed E-state index contributed by atoms with van der Waals surface area (Å²) in [6, 6.07) is 5.41. The van der Waals surface area contributed by atoms with Crippen LogP contribution in [0.5, 0.6) is 0 Å². The number of carbonyl (C=O) groups is 3. The number of ether oxygens (including phenoxy) is 1. The van der Waals surface area contributed by atoms with Crippen molar-refractivity contribution in [3.63, 3.8) is 0 Å². The third kappa shape index (κ3) is 4.77. The van der Waals surface area contributed by atoms with Crippen molar-refractivity contribution in [1.82, 2.24) is 5.32 Å². The molecule has 0 saturated carbocycles. The zero-order valence-corrected chi connectivity index (χ0v) is 12.9. The second-order valence-electron chi connectivity index (χ2n) is 5.26. The number of halogens is 1. The molecule has 1 aliphatic rings. The van der Waals surface area contributed by atoms with Gasteiger partial charge in [-0.15, -0.1) is 0 Å². The fourth-order valence-electron chi connectivity index (χ4n) is 2.45.